The van der Waals surface area contributed by atoms with E-state index >= 15 is 0 Å². The molecule has 1 aliphatic heterocycles. The Balaban J connectivity index is 1.62. The Morgan fingerprint density at radius 1 is 1.24 bits per heavy atom. The van der Waals surface area contributed by atoms with Crippen LogP contribution in [0.5, 0.6) is 11.6 Å². The summed E-state index contributed by atoms with van der Waals surface area (Å²) in [5.74, 6) is -4.28. The number of primary amides is 1. The van der Waals surface area contributed by atoms with Crippen molar-refractivity contribution in [1.29, 1.82) is 0 Å². The standard InChI is InChI=1S/C20H24F3N5O4S/c1-11-9-13(21)12(15(23)14(11)22)10-31-17-16(32-19(24)29)18(33-27-17)26-20(30)25-5-4-8-28-6-2-3-7-28/h9H,2-8,10H2,1H3,(H2,24,29)(H2,25,26,30). The molecule has 2 aromatic rings. The van der Waals surface area contributed by atoms with Crippen molar-refractivity contribution in [3.63, 3.8) is 0 Å². The number of aryl methyl sites for hydroxylation is 1. The third-order valence-corrected chi connectivity index (χ3v) is 5.70. The molecule has 3 amide bonds. The fraction of sp³-hybridized carbons (Fsp3) is 0.450. The number of amides is 3. The van der Waals surface area contributed by atoms with Crippen molar-refractivity contribution in [2.24, 2.45) is 5.73 Å². The highest BCUT2D eigenvalue weighted by atomic mass is 32.1. The first-order valence-corrected chi connectivity index (χ1v) is 11.0. The van der Waals surface area contributed by atoms with Crippen molar-refractivity contribution < 1.29 is 32.2 Å². The maximum Gasteiger partial charge on any atom is 0.410 e. The number of nitrogens with two attached hydrogens (primary N) is 1. The monoisotopic (exact) mass is 487 g/mol. The summed E-state index contributed by atoms with van der Waals surface area (Å²) < 4.78 is 55.9. The van der Waals surface area contributed by atoms with Crippen LogP contribution >= 0.6 is 11.5 Å². The molecule has 1 aliphatic rings. The summed E-state index contributed by atoms with van der Waals surface area (Å²) in [6, 6.07) is 0.263. The van der Waals surface area contributed by atoms with Gasteiger partial charge in [-0.1, -0.05) is 0 Å². The number of likely N-dealkylation sites (tertiary alicyclic amines) is 1. The largest absolute Gasteiger partial charge is 0.469 e. The van der Waals surface area contributed by atoms with E-state index in [-0.39, 0.29) is 22.2 Å². The highest BCUT2D eigenvalue weighted by Gasteiger charge is 2.23. The molecule has 9 nitrogen and oxygen atoms in total. The minimum absolute atomic E-state index is 0.00289. The number of hydrogen-bond acceptors (Lipinski definition) is 7. The van der Waals surface area contributed by atoms with E-state index in [0.717, 1.165) is 32.1 Å². The Morgan fingerprint density at radius 2 is 1.97 bits per heavy atom. The lowest BCUT2D eigenvalue weighted by atomic mass is 10.1. The number of halogens is 3. The second-order valence-electron chi connectivity index (χ2n) is 7.42. The van der Waals surface area contributed by atoms with E-state index in [4.69, 9.17) is 15.2 Å². The normalized spacial score (nSPS) is 13.7. The van der Waals surface area contributed by atoms with E-state index in [1.165, 1.54) is 19.8 Å². The minimum atomic E-state index is -1.40. The van der Waals surface area contributed by atoms with Crippen molar-refractivity contribution >= 4 is 28.7 Å². The molecule has 0 spiro atoms. The molecule has 0 bridgehead atoms. The maximum absolute atomic E-state index is 14.1. The predicted molar refractivity (Wildman–Crippen MR) is 115 cm³/mol. The molecule has 3 rings (SSSR count). The summed E-state index contributed by atoms with van der Waals surface area (Å²) in [5, 5.41) is 5.15. The maximum atomic E-state index is 14.1. The molecule has 180 valence electrons. The zero-order chi connectivity index (χ0) is 24.0. The number of urea groups is 1. The molecular weight excluding hydrogens is 463 g/mol. The number of hydrogen-bond donors (Lipinski definition) is 3. The quantitative estimate of drug-likeness (QED) is 0.368. The molecule has 0 unspecified atom stereocenters. The van der Waals surface area contributed by atoms with E-state index in [1.54, 1.807) is 0 Å². The number of benzene rings is 1. The number of carbonyl (C=O) groups is 2. The number of rotatable bonds is 9. The highest BCUT2D eigenvalue weighted by molar-refractivity contribution is 7.11. The van der Waals surface area contributed by atoms with Gasteiger partial charge in [-0.2, -0.15) is 0 Å². The van der Waals surface area contributed by atoms with Gasteiger partial charge in [-0.15, -0.1) is 4.37 Å². The number of anilines is 1. The molecule has 0 saturated carbocycles. The summed E-state index contributed by atoms with van der Waals surface area (Å²) in [4.78, 5) is 25.8. The van der Waals surface area contributed by atoms with Crippen molar-refractivity contribution in [2.75, 3.05) is 31.5 Å². The van der Waals surface area contributed by atoms with Crippen LogP contribution in [0.3, 0.4) is 0 Å². The van der Waals surface area contributed by atoms with E-state index in [0.29, 0.717) is 18.1 Å². The van der Waals surface area contributed by atoms with E-state index < -0.39 is 41.7 Å². The van der Waals surface area contributed by atoms with Crippen molar-refractivity contribution in [1.82, 2.24) is 14.6 Å². The summed E-state index contributed by atoms with van der Waals surface area (Å²) in [7, 11) is 0. The van der Waals surface area contributed by atoms with Crippen molar-refractivity contribution in [3.05, 3.63) is 34.6 Å². The SMILES string of the molecule is Cc1cc(F)c(COc2nsc(NC(=O)NCCCN3CCCC3)c2OC(N)=O)c(F)c1F. The van der Waals surface area contributed by atoms with Gasteiger partial charge in [0.15, 0.2) is 16.6 Å². The van der Waals surface area contributed by atoms with Gasteiger partial charge >= 0.3 is 12.1 Å². The Labute approximate surface area is 192 Å². The Kier molecular flexibility index (Phi) is 8.33. The average molecular weight is 488 g/mol. The van der Waals surface area contributed by atoms with Crippen LogP contribution in [0.1, 0.15) is 30.4 Å². The lowest BCUT2D eigenvalue weighted by Gasteiger charge is -2.14. The van der Waals surface area contributed by atoms with Crippen LogP contribution in [0.15, 0.2) is 6.07 Å². The Bertz CT molecular complexity index is 1010. The lowest BCUT2D eigenvalue weighted by Crippen LogP contribution is -2.31. The number of nitrogens with zero attached hydrogens (tertiary/aromatic N) is 2. The first-order chi connectivity index (χ1) is 15.8. The zero-order valence-electron chi connectivity index (χ0n) is 17.9. The Morgan fingerprint density at radius 3 is 2.67 bits per heavy atom. The molecule has 13 heteroatoms. The Hall–Kier alpha value is -3.06. The van der Waals surface area contributed by atoms with Gasteiger partial charge in [0.1, 0.15) is 12.4 Å². The predicted octanol–water partition coefficient (Wildman–Crippen LogP) is 3.51. The van der Waals surface area contributed by atoms with Crippen LogP contribution in [0, 0.1) is 24.4 Å². The fourth-order valence-corrected chi connectivity index (χ4v) is 3.97. The van der Waals surface area contributed by atoms with Crippen LogP contribution in [0.2, 0.25) is 0 Å². The summed E-state index contributed by atoms with van der Waals surface area (Å²) in [6.07, 6.45) is 1.92. The van der Waals surface area contributed by atoms with Gasteiger partial charge in [0.05, 0.1) is 5.56 Å². The molecular formula is C20H24F3N5O4S. The van der Waals surface area contributed by atoms with Gasteiger partial charge < -0.3 is 25.4 Å². The number of nitrogens with one attached hydrogen (secondary N) is 2. The van der Waals surface area contributed by atoms with Crippen LogP contribution < -0.4 is 25.8 Å². The molecule has 4 N–H and O–H groups in total. The smallest absolute Gasteiger partial charge is 0.410 e. The number of carbonyl (C=O) groups excluding carboxylic acids is 2. The topological polar surface area (TPSA) is 119 Å². The van der Waals surface area contributed by atoms with Crippen LogP contribution in [-0.4, -0.2) is 47.6 Å². The summed E-state index contributed by atoms with van der Waals surface area (Å²) in [6.45, 7) is 3.91. The first kappa shape index (κ1) is 24.6. The molecule has 2 heterocycles. The third-order valence-electron chi connectivity index (χ3n) is 4.97. The fourth-order valence-electron chi connectivity index (χ4n) is 3.31. The van der Waals surface area contributed by atoms with Crippen molar-refractivity contribution in [3.8, 4) is 11.6 Å². The van der Waals surface area contributed by atoms with Crippen LogP contribution in [0.25, 0.3) is 0 Å². The van der Waals surface area contributed by atoms with Gasteiger partial charge in [0, 0.05) is 6.54 Å². The average Bonchev–Trinajstić information content (AvgIpc) is 3.40. The second-order valence-corrected chi connectivity index (χ2v) is 8.19. The molecule has 1 aromatic carbocycles. The molecule has 0 aliphatic carbocycles. The molecule has 0 atom stereocenters. The third kappa shape index (κ3) is 6.48. The van der Waals surface area contributed by atoms with Crippen LogP contribution in [0.4, 0.5) is 27.8 Å². The van der Waals surface area contributed by atoms with E-state index in [1.807, 2.05) is 0 Å². The van der Waals surface area contributed by atoms with E-state index in [2.05, 4.69) is 19.9 Å². The molecule has 1 fully saturated rings. The zero-order valence-corrected chi connectivity index (χ0v) is 18.7. The van der Waals surface area contributed by atoms with Gasteiger partial charge in [0.2, 0.25) is 5.75 Å². The molecule has 1 aromatic heterocycles. The minimum Gasteiger partial charge on any atom is -0.469 e. The summed E-state index contributed by atoms with van der Waals surface area (Å²) >= 11 is 0.706. The number of ether oxygens (including phenoxy) is 2. The second kappa shape index (κ2) is 11.2. The molecule has 33 heavy (non-hydrogen) atoms. The molecule has 1 saturated heterocycles. The van der Waals surface area contributed by atoms with Crippen molar-refractivity contribution in [2.45, 2.75) is 32.8 Å². The van der Waals surface area contributed by atoms with Gasteiger partial charge in [-0.25, -0.2) is 22.8 Å². The van der Waals surface area contributed by atoms with Crippen LogP contribution in [-0.2, 0) is 6.61 Å². The van der Waals surface area contributed by atoms with E-state index in [9.17, 15) is 22.8 Å². The van der Waals surface area contributed by atoms with Gasteiger partial charge in [-0.05, 0) is 69.0 Å². The lowest BCUT2D eigenvalue weighted by molar-refractivity contribution is 0.205. The highest BCUT2D eigenvalue weighted by Crippen LogP contribution is 2.39. The van der Waals surface area contributed by atoms with Gasteiger partial charge in [-0.3, -0.25) is 5.32 Å². The molecule has 0 radical (unpaired) electrons. The number of aromatic nitrogens is 1. The van der Waals surface area contributed by atoms with Gasteiger partial charge in [0.25, 0.3) is 5.88 Å². The first-order valence-electron chi connectivity index (χ1n) is 10.3. The summed E-state index contributed by atoms with van der Waals surface area (Å²) in [5.41, 5.74) is 4.20.